The first kappa shape index (κ1) is 19.2. The summed E-state index contributed by atoms with van der Waals surface area (Å²) >= 11 is 0. The Morgan fingerprint density at radius 2 is 2.12 bits per heavy atom. The van der Waals surface area contributed by atoms with Crippen LogP contribution in [0.15, 0.2) is 18.5 Å². The van der Waals surface area contributed by atoms with Gasteiger partial charge in [0.05, 0.1) is 0 Å². The van der Waals surface area contributed by atoms with Gasteiger partial charge in [-0.2, -0.15) is 0 Å². The van der Waals surface area contributed by atoms with Crippen molar-refractivity contribution in [1.29, 1.82) is 0 Å². The molecule has 1 aromatic rings. The van der Waals surface area contributed by atoms with Gasteiger partial charge in [0, 0.05) is 36.9 Å². The summed E-state index contributed by atoms with van der Waals surface area (Å²) < 4.78 is 0. The smallest absolute Gasteiger partial charge is 0.315 e. The summed E-state index contributed by atoms with van der Waals surface area (Å²) in [6, 6.07) is 2.05. The highest BCUT2D eigenvalue weighted by Gasteiger charge is 2.28. The molecule has 0 spiro atoms. The molecular formula is C19H30N4O2. The number of pyridine rings is 1. The number of nitrogens with one attached hydrogen (secondary N) is 3. The van der Waals surface area contributed by atoms with E-state index in [4.69, 9.17) is 0 Å². The van der Waals surface area contributed by atoms with Crippen LogP contribution in [-0.4, -0.2) is 35.6 Å². The SMILES string of the molecule is Cc1cnccc1CCNC(=O)N[C@H]1CCC[C@@H](C(=O)NC(C)C)C1. The van der Waals surface area contributed by atoms with Crippen molar-refractivity contribution in [2.45, 2.75) is 65.0 Å². The molecule has 6 nitrogen and oxygen atoms in total. The van der Waals surface area contributed by atoms with E-state index in [9.17, 15) is 9.59 Å². The van der Waals surface area contributed by atoms with Gasteiger partial charge < -0.3 is 16.0 Å². The van der Waals surface area contributed by atoms with E-state index in [1.54, 1.807) is 6.20 Å². The van der Waals surface area contributed by atoms with Crippen LogP contribution in [0, 0.1) is 12.8 Å². The number of aromatic nitrogens is 1. The number of aryl methyl sites for hydroxylation is 1. The second-order valence-electron chi connectivity index (χ2n) is 7.18. The fourth-order valence-corrected chi connectivity index (χ4v) is 3.29. The molecule has 1 heterocycles. The monoisotopic (exact) mass is 346 g/mol. The summed E-state index contributed by atoms with van der Waals surface area (Å²) in [5, 5.41) is 8.90. The number of urea groups is 1. The molecule has 2 atom stereocenters. The van der Waals surface area contributed by atoms with Crippen molar-refractivity contribution < 1.29 is 9.59 Å². The molecule has 0 aromatic carbocycles. The predicted octanol–water partition coefficient (Wildman–Crippen LogP) is 2.32. The van der Waals surface area contributed by atoms with Crippen LogP contribution < -0.4 is 16.0 Å². The maximum Gasteiger partial charge on any atom is 0.315 e. The number of amides is 3. The molecule has 25 heavy (non-hydrogen) atoms. The van der Waals surface area contributed by atoms with Crippen LogP contribution in [0.2, 0.25) is 0 Å². The minimum absolute atomic E-state index is 0.000850. The van der Waals surface area contributed by atoms with Gasteiger partial charge in [0.2, 0.25) is 5.91 Å². The molecular weight excluding hydrogens is 316 g/mol. The molecule has 1 fully saturated rings. The van der Waals surface area contributed by atoms with E-state index < -0.39 is 0 Å². The van der Waals surface area contributed by atoms with Gasteiger partial charge in [-0.25, -0.2) is 4.79 Å². The van der Waals surface area contributed by atoms with Gasteiger partial charge in [0.25, 0.3) is 0 Å². The standard InChI is InChI=1S/C19H30N4O2/c1-13(2)22-18(24)16-5-4-6-17(11-16)23-19(25)21-10-8-15-7-9-20-12-14(15)3/h7,9,12-13,16-17H,4-6,8,10-11H2,1-3H3,(H,22,24)(H2,21,23,25)/t16-,17+/m1/s1. The lowest BCUT2D eigenvalue weighted by molar-refractivity contribution is -0.126. The molecule has 3 amide bonds. The average molecular weight is 346 g/mol. The van der Waals surface area contributed by atoms with Crippen LogP contribution in [0.1, 0.15) is 50.7 Å². The van der Waals surface area contributed by atoms with Gasteiger partial charge in [-0.15, -0.1) is 0 Å². The molecule has 138 valence electrons. The maximum atomic E-state index is 12.2. The minimum atomic E-state index is -0.151. The summed E-state index contributed by atoms with van der Waals surface area (Å²) in [4.78, 5) is 28.3. The number of hydrogen-bond acceptors (Lipinski definition) is 3. The Bertz CT molecular complexity index is 589. The molecule has 1 aromatic heterocycles. The summed E-state index contributed by atoms with van der Waals surface area (Å²) in [5.74, 6) is 0.107. The normalized spacial score (nSPS) is 20.2. The highest BCUT2D eigenvalue weighted by Crippen LogP contribution is 2.24. The first-order valence-electron chi connectivity index (χ1n) is 9.20. The van der Waals surface area contributed by atoms with E-state index in [0.29, 0.717) is 6.54 Å². The quantitative estimate of drug-likeness (QED) is 0.739. The van der Waals surface area contributed by atoms with Gasteiger partial charge in [-0.05, 0) is 63.6 Å². The van der Waals surface area contributed by atoms with Gasteiger partial charge in [0.1, 0.15) is 0 Å². The van der Waals surface area contributed by atoms with Crippen LogP contribution in [0.25, 0.3) is 0 Å². The van der Waals surface area contributed by atoms with Crippen molar-refractivity contribution >= 4 is 11.9 Å². The molecule has 1 saturated carbocycles. The first-order chi connectivity index (χ1) is 12.0. The first-order valence-corrected chi connectivity index (χ1v) is 9.20. The van der Waals surface area contributed by atoms with Crippen LogP contribution in [-0.2, 0) is 11.2 Å². The van der Waals surface area contributed by atoms with Crippen LogP contribution >= 0.6 is 0 Å². The van der Waals surface area contributed by atoms with Crippen LogP contribution in [0.5, 0.6) is 0 Å². The minimum Gasteiger partial charge on any atom is -0.354 e. The number of carbonyl (C=O) groups is 2. The van der Waals surface area contributed by atoms with Crippen molar-refractivity contribution in [1.82, 2.24) is 20.9 Å². The molecule has 0 bridgehead atoms. The zero-order valence-corrected chi connectivity index (χ0v) is 15.5. The fraction of sp³-hybridized carbons (Fsp3) is 0.632. The number of carbonyl (C=O) groups excluding carboxylic acids is 2. The Morgan fingerprint density at radius 1 is 1.32 bits per heavy atom. The number of nitrogens with zero attached hydrogens (tertiary/aromatic N) is 1. The maximum absolute atomic E-state index is 12.2. The Balaban J connectivity index is 1.72. The van der Waals surface area contributed by atoms with Crippen molar-refractivity contribution in [2.75, 3.05) is 6.54 Å². The third-order valence-electron chi connectivity index (χ3n) is 4.63. The van der Waals surface area contributed by atoms with E-state index in [-0.39, 0.29) is 29.9 Å². The molecule has 1 aliphatic rings. The predicted molar refractivity (Wildman–Crippen MR) is 98.2 cm³/mol. The van der Waals surface area contributed by atoms with Crippen molar-refractivity contribution in [3.8, 4) is 0 Å². The van der Waals surface area contributed by atoms with Crippen LogP contribution in [0.3, 0.4) is 0 Å². The Labute approximate surface area is 150 Å². The molecule has 6 heteroatoms. The van der Waals surface area contributed by atoms with E-state index >= 15 is 0 Å². The summed E-state index contributed by atoms with van der Waals surface area (Å²) in [6.07, 6.45) is 7.91. The Kier molecular flexibility index (Phi) is 7.22. The zero-order chi connectivity index (χ0) is 18.2. The molecule has 0 unspecified atom stereocenters. The largest absolute Gasteiger partial charge is 0.354 e. The zero-order valence-electron chi connectivity index (χ0n) is 15.5. The van der Waals surface area contributed by atoms with Gasteiger partial charge >= 0.3 is 6.03 Å². The van der Waals surface area contributed by atoms with Gasteiger partial charge in [-0.1, -0.05) is 6.42 Å². The van der Waals surface area contributed by atoms with Crippen LogP contribution in [0.4, 0.5) is 4.79 Å². The lowest BCUT2D eigenvalue weighted by Gasteiger charge is -2.29. The summed E-state index contributed by atoms with van der Waals surface area (Å²) in [7, 11) is 0. The fourth-order valence-electron chi connectivity index (χ4n) is 3.29. The molecule has 2 rings (SSSR count). The van der Waals surface area contributed by atoms with Crippen molar-refractivity contribution in [3.05, 3.63) is 29.6 Å². The van der Waals surface area contributed by atoms with E-state index in [1.807, 2.05) is 33.0 Å². The summed E-state index contributed by atoms with van der Waals surface area (Å²) in [5.41, 5.74) is 2.33. The van der Waals surface area contributed by atoms with Crippen molar-refractivity contribution in [2.24, 2.45) is 5.92 Å². The van der Waals surface area contributed by atoms with Gasteiger partial charge in [-0.3, -0.25) is 9.78 Å². The van der Waals surface area contributed by atoms with E-state index in [2.05, 4.69) is 20.9 Å². The summed E-state index contributed by atoms with van der Waals surface area (Å²) in [6.45, 7) is 6.54. The van der Waals surface area contributed by atoms with E-state index in [1.165, 1.54) is 5.56 Å². The lowest BCUT2D eigenvalue weighted by atomic mass is 9.85. The highest BCUT2D eigenvalue weighted by atomic mass is 16.2. The Morgan fingerprint density at radius 3 is 2.84 bits per heavy atom. The molecule has 1 aliphatic carbocycles. The average Bonchev–Trinajstić information content (AvgIpc) is 2.56. The highest BCUT2D eigenvalue weighted by molar-refractivity contribution is 5.79. The van der Waals surface area contributed by atoms with Crippen molar-refractivity contribution in [3.63, 3.8) is 0 Å². The second-order valence-corrected chi connectivity index (χ2v) is 7.18. The molecule has 0 radical (unpaired) electrons. The molecule has 3 N–H and O–H groups in total. The van der Waals surface area contributed by atoms with E-state index in [0.717, 1.165) is 37.7 Å². The lowest BCUT2D eigenvalue weighted by Crippen LogP contribution is -2.47. The third-order valence-corrected chi connectivity index (χ3v) is 4.63. The number of rotatable bonds is 6. The molecule has 0 saturated heterocycles. The topological polar surface area (TPSA) is 83.1 Å². The third kappa shape index (κ3) is 6.36. The molecule has 0 aliphatic heterocycles. The second kappa shape index (κ2) is 9.39. The number of hydrogen-bond donors (Lipinski definition) is 3. The Hall–Kier alpha value is -2.11. The van der Waals surface area contributed by atoms with Gasteiger partial charge in [0.15, 0.2) is 0 Å².